The molecule has 0 atom stereocenters. The van der Waals surface area contributed by atoms with E-state index in [1.807, 2.05) is 30.3 Å². The molecule has 88 valence electrons. The van der Waals surface area contributed by atoms with Gasteiger partial charge in [0.25, 0.3) is 0 Å². The van der Waals surface area contributed by atoms with Gasteiger partial charge in [-0.25, -0.2) is 0 Å². The van der Waals surface area contributed by atoms with Crippen molar-refractivity contribution < 1.29 is 9.53 Å². The van der Waals surface area contributed by atoms with Crippen LogP contribution >= 0.6 is 0 Å². The molecule has 4 nitrogen and oxygen atoms in total. The smallest absolute Gasteiger partial charge is 0.237 e. The molecule has 16 heavy (non-hydrogen) atoms. The second-order valence-corrected chi connectivity index (χ2v) is 4.08. The average molecular weight is 222 g/mol. The van der Waals surface area contributed by atoms with Crippen molar-refractivity contribution >= 4 is 5.91 Å². The van der Waals surface area contributed by atoms with E-state index in [0.717, 1.165) is 5.75 Å². The third-order valence-electron chi connectivity index (χ3n) is 2.30. The van der Waals surface area contributed by atoms with E-state index in [1.54, 1.807) is 13.8 Å². The number of nitrogens with one attached hydrogen (secondary N) is 1. The van der Waals surface area contributed by atoms with Crippen LogP contribution in [0.25, 0.3) is 0 Å². The highest BCUT2D eigenvalue weighted by Gasteiger charge is 2.23. The molecule has 0 aliphatic heterocycles. The normalized spacial score (nSPS) is 11.1. The van der Waals surface area contributed by atoms with Crippen molar-refractivity contribution in [3.8, 4) is 5.75 Å². The van der Waals surface area contributed by atoms with Gasteiger partial charge in [-0.05, 0) is 26.0 Å². The van der Waals surface area contributed by atoms with Gasteiger partial charge in [0, 0.05) is 6.54 Å². The molecular formula is C12H18N2O2. The molecule has 0 saturated heterocycles. The van der Waals surface area contributed by atoms with E-state index in [0.29, 0.717) is 13.2 Å². The maximum atomic E-state index is 11.0. The summed E-state index contributed by atoms with van der Waals surface area (Å²) in [5.41, 5.74) is 4.53. The quantitative estimate of drug-likeness (QED) is 0.703. The SMILES string of the molecule is CC(C)(NCCOc1ccccc1)C(N)=O. The summed E-state index contributed by atoms with van der Waals surface area (Å²) in [6.45, 7) is 4.57. The van der Waals surface area contributed by atoms with Crippen LogP contribution in [-0.4, -0.2) is 24.6 Å². The third-order valence-corrected chi connectivity index (χ3v) is 2.30. The molecule has 0 radical (unpaired) electrons. The summed E-state index contributed by atoms with van der Waals surface area (Å²) in [6, 6.07) is 9.53. The van der Waals surface area contributed by atoms with Gasteiger partial charge >= 0.3 is 0 Å². The summed E-state index contributed by atoms with van der Waals surface area (Å²) in [4.78, 5) is 11.0. The summed E-state index contributed by atoms with van der Waals surface area (Å²) < 4.78 is 5.47. The fraction of sp³-hybridized carbons (Fsp3) is 0.417. The first-order chi connectivity index (χ1) is 7.52. The zero-order valence-electron chi connectivity index (χ0n) is 9.69. The topological polar surface area (TPSA) is 64.3 Å². The first-order valence-corrected chi connectivity index (χ1v) is 5.25. The molecule has 1 rings (SSSR count). The van der Waals surface area contributed by atoms with Gasteiger partial charge in [0.2, 0.25) is 5.91 Å². The van der Waals surface area contributed by atoms with Gasteiger partial charge in [-0.1, -0.05) is 18.2 Å². The maximum absolute atomic E-state index is 11.0. The van der Waals surface area contributed by atoms with Crippen LogP contribution in [0.15, 0.2) is 30.3 Å². The van der Waals surface area contributed by atoms with Crippen LogP contribution in [-0.2, 0) is 4.79 Å². The molecule has 3 N–H and O–H groups in total. The van der Waals surface area contributed by atoms with E-state index in [4.69, 9.17) is 10.5 Å². The Morgan fingerprint density at radius 1 is 1.38 bits per heavy atom. The minimum absolute atomic E-state index is 0.368. The molecule has 0 saturated carbocycles. The van der Waals surface area contributed by atoms with E-state index in [2.05, 4.69) is 5.32 Å². The van der Waals surface area contributed by atoms with E-state index < -0.39 is 5.54 Å². The Kier molecular flexibility index (Phi) is 4.31. The van der Waals surface area contributed by atoms with Crippen molar-refractivity contribution in [3.63, 3.8) is 0 Å². The van der Waals surface area contributed by atoms with Gasteiger partial charge in [0.05, 0.1) is 5.54 Å². The van der Waals surface area contributed by atoms with Crippen molar-refractivity contribution in [2.24, 2.45) is 5.73 Å². The summed E-state index contributed by atoms with van der Waals surface area (Å²) in [5, 5.41) is 3.03. The third kappa shape index (κ3) is 3.90. The number of amides is 1. The first-order valence-electron chi connectivity index (χ1n) is 5.25. The van der Waals surface area contributed by atoms with Gasteiger partial charge in [-0.3, -0.25) is 4.79 Å². The number of ether oxygens (including phenoxy) is 1. The number of nitrogens with two attached hydrogens (primary N) is 1. The van der Waals surface area contributed by atoms with Gasteiger partial charge in [-0.15, -0.1) is 0 Å². The number of carbonyl (C=O) groups excluding carboxylic acids is 1. The molecule has 0 aromatic heterocycles. The van der Waals surface area contributed by atoms with Crippen LogP contribution in [0, 0.1) is 0 Å². The monoisotopic (exact) mass is 222 g/mol. The highest BCUT2D eigenvalue weighted by molar-refractivity contribution is 5.83. The number of para-hydroxylation sites is 1. The summed E-state index contributed by atoms with van der Waals surface area (Å²) in [7, 11) is 0. The molecule has 0 heterocycles. The van der Waals surface area contributed by atoms with Crippen molar-refractivity contribution in [3.05, 3.63) is 30.3 Å². The zero-order valence-corrected chi connectivity index (χ0v) is 9.69. The molecule has 0 unspecified atom stereocenters. The van der Waals surface area contributed by atoms with Crippen molar-refractivity contribution in [2.45, 2.75) is 19.4 Å². The molecule has 1 amide bonds. The number of primary amides is 1. The van der Waals surface area contributed by atoms with E-state index in [-0.39, 0.29) is 5.91 Å². The standard InChI is InChI=1S/C12H18N2O2/c1-12(2,11(13)15)14-8-9-16-10-6-4-3-5-7-10/h3-7,14H,8-9H2,1-2H3,(H2,13,15). The van der Waals surface area contributed by atoms with E-state index >= 15 is 0 Å². The van der Waals surface area contributed by atoms with Crippen LogP contribution in [0.3, 0.4) is 0 Å². The average Bonchev–Trinajstić information content (AvgIpc) is 2.26. The number of carbonyl (C=O) groups is 1. The lowest BCUT2D eigenvalue weighted by Gasteiger charge is -2.22. The predicted molar refractivity (Wildman–Crippen MR) is 63.2 cm³/mol. The fourth-order valence-electron chi connectivity index (χ4n) is 1.14. The Balaban J connectivity index is 2.25. The number of hydrogen-bond acceptors (Lipinski definition) is 3. The highest BCUT2D eigenvalue weighted by atomic mass is 16.5. The molecule has 1 aromatic carbocycles. The van der Waals surface area contributed by atoms with Crippen molar-refractivity contribution in [1.29, 1.82) is 0 Å². The Hall–Kier alpha value is -1.55. The van der Waals surface area contributed by atoms with Gasteiger partial charge in [0.1, 0.15) is 12.4 Å². The maximum Gasteiger partial charge on any atom is 0.237 e. The molecule has 4 heteroatoms. The number of benzene rings is 1. The lowest BCUT2D eigenvalue weighted by Crippen LogP contribution is -2.51. The van der Waals surface area contributed by atoms with E-state index in [9.17, 15) is 4.79 Å². The molecular weight excluding hydrogens is 204 g/mol. The van der Waals surface area contributed by atoms with Crippen molar-refractivity contribution in [1.82, 2.24) is 5.32 Å². The minimum Gasteiger partial charge on any atom is -0.492 e. The Bertz CT molecular complexity index is 336. The molecule has 0 aliphatic rings. The molecule has 0 aliphatic carbocycles. The Labute approximate surface area is 95.8 Å². The van der Waals surface area contributed by atoms with Gasteiger partial charge < -0.3 is 15.8 Å². The predicted octanol–water partition coefficient (Wildman–Crippen LogP) is 0.919. The van der Waals surface area contributed by atoms with Crippen LogP contribution in [0.1, 0.15) is 13.8 Å². The fourth-order valence-corrected chi connectivity index (χ4v) is 1.14. The number of hydrogen-bond donors (Lipinski definition) is 2. The van der Waals surface area contributed by atoms with Crippen LogP contribution in [0.5, 0.6) is 5.75 Å². The second-order valence-electron chi connectivity index (χ2n) is 4.08. The first kappa shape index (κ1) is 12.5. The lowest BCUT2D eigenvalue weighted by atomic mass is 10.1. The summed E-state index contributed by atoms with van der Waals surface area (Å²) in [6.07, 6.45) is 0. The summed E-state index contributed by atoms with van der Waals surface area (Å²) >= 11 is 0. The summed E-state index contributed by atoms with van der Waals surface area (Å²) in [5.74, 6) is 0.452. The molecule has 0 bridgehead atoms. The Morgan fingerprint density at radius 2 is 2.00 bits per heavy atom. The van der Waals surface area contributed by atoms with Gasteiger partial charge in [-0.2, -0.15) is 0 Å². The minimum atomic E-state index is -0.694. The molecule has 0 fully saturated rings. The lowest BCUT2D eigenvalue weighted by molar-refractivity contribution is -0.123. The largest absolute Gasteiger partial charge is 0.492 e. The van der Waals surface area contributed by atoms with Crippen molar-refractivity contribution in [2.75, 3.05) is 13.2 Å². The van der Waals surface area contributed by atoms with E-state index in [1.165, 1.54) is 0 Å². The highest BCUT2D eigenvalue weighted by Crippen LogP contribution is 2.07. The molecule has 1 aromatic rings. The van der Waals surface area contributed by atoms with Crippen LogP contribution in [0.4, 0.5) is 0 Å². The molecule has 0 spiro atoms. The number of rotatable bonds is 6. The van der Waals surface area contributed by atoms with Crippen LogP contribution in [0.2, 0.25) is 0 Å². The zero-order chi connectivity index (χ0) is 12.0. The van der Waals surface area contributed by atoms with Gasteiger partial charge in [0.15, 0.2) is 0 Å². The Morgan fingerprint density at radius 3 is 2.56 bits per heavy atom. The van der Waals surface area contributed by atoms with Crippen LogP contribution < -0.4 is 15.8 Å². The second kappa shape index (κ2) is 5.51.